The fourth-order valence-electron chi connectivity index (χ4n) is 3.53. The van der Waals surface area contributed by atoms with E-state index in [1.165, 1.54) is 28.1 Å². The Balaban J connectivity index is 1.38. The van der Waals surface area contributed by atoms with Gasteiger partial charge in [0.25, 0.3) is 11.5 Å². The third-order valence-corrected chi connectivity index (χ3v) is 5.18. The van der Waals surface area contributed by atoms with Crippen LogP contribution in [0.5, 0.6) is 0 Å². The maximum absolute atomic E-state index is 12.5. The lowest BCUT2D eigenvalue weighted by Gasteiger charge is -2.29. The van der Waals surface area contributed by atoms with Crippen LogP contribution < -0.4 is 15.8 Å². The van der Waals surface area contributed by atoms with Gasteiger partial charge in [-0.2, -0.15) is 5.10 Å². The molecule has 11 nitrogen and oxygen atoms in total. The molecule has 30 heavy (non-hydrogen) atoms. The summed E-state index contributed by atoms with van der Waals surface area (Å²) in [4.78, 5) is 30.5. The van der Waals surface area contributed by atoms with Gasteiger partial charge < -0.3 is 10.2 Å². The van der Waals surface area contributed by atoms with Crippen LogP contribution in [0.4, 0.5) is 5.82 Å². The molecule has 0 unspecified atom stereocenters. The number of amides is 1. The Morgan fingerprint density at radius 2 is 1.90 bits per heavy atom. The molecular weight excluding hydrogens is 386 g/mol. The number of anilines is 1. The second kappa shape index (κ2) is 8.39. The Kier molecular flexibility index (Phi) is 5.50. The van der Waals surface area contributed by atoms with Gasteiger partial charge in [0.15, 0.2) is 17.3 Å². The topological polar surface area (TPSA) is 124 Å². The number of rotatable bonds is 5. The Bertz CT molecular complexity index is 1050. The molecule has 0 spiro atoms. The molecule has 0 bridgehead atoms. The fraction of sp³-hybridized carbons (Fsp3) is 0.421. The Morgan fingerprint density at radius 1 is 1.10 bits per heavy atom. The van der Waals surface area contributed by atoms with Crippen molar-refractivity contribution in [2.75, 3.05) is 19.0 Å². The molecule has 1 aliphatic rings. The minimum Gasteiger partial charge on any atom is -0.361 e. The van der Waals surface area contributed by atoms with Crippen molar-refractivity contribution < 1.29 is 4.79 Å². The van der Waals surface area contributed by atoms with Crippen LogP contribution in [-0.4, -0.2) is 60.8 Å². The van der Waals surface area contributed by atoms with Crippen LogP contribution in [0.15, 0.2) is 41.7 Å². The summed E-state index contributed by atoms with van der Waals surface area (Å²) >= 11 is 0. The van der Waals surface area contributed by atoms with Gasteiger partial charge >= 0.3 is 0 Å². The van der Waals surface area contributed by atoms with Gasteiger partial charge in [0.1, 0.15) is 12.7 Å². The van der Waals surface area contributed by atoms with Gasteiger partial charge in [-0.15, -0.1) is 15.3 Å². The van der Waals surface area contributed by atoms with Crippen molar-refractivity contribution in [2.45, 2.75) is 37.8 Å². The van der Waals surface area contributed by atoms with Crippen molar-refractivity contribution in [1.29, 1.82) is 0 Å². The normalized spacial score (nSPS) is 18.7. The molecule has 1 aliphatic carbocycles. The minimum absolute atomic E-state index is 0.0201. The summed E-state index contributed by atoms with van der Waals surface area (Å²) in [6.07, 6.45) is 5.94. The van der Waals surface area contributed by atoms with Crippen LogP contribution in [0.2, 0.25) is 0 Å². The number of carbonyl (C=O) groups excluding carboxylic acids is 1. The summed E-state index contributed by atoms with van der Waals surface area (Å²) in [5, 5.41) is 19.6. The van der Waals surface area contributed by atoms with Gasteiger partial charge in [0.2, 0.25) is 0 Å². The summed E-state index contributed by atoms with van der Waals surface area (Å²) in [5.41, 5.74) is 0.142. The van der Waals surface area contributed by atoms with Gasteiger partial charge in [0, 0.05) is 26.2 Å². The number of hydrogen-bond donors (Lipinski definition) is 1. The fourth-order valence-corrected chi connectivity index (χ4v) is 3.53. The van der Waals surface area contributed by atoms with Gasteiger partial charge in [-0.3, -0.25) is 9.59 Å². The van der Waals surface area contributed by atoms with Crippen LogP contribution in [0.3, 0.4) is 0 Å². The molecule has 1 fully saturated rings. The Hall–Kier alpha value is -3.63. The maximum Gasteiger partial charge on any atom is 0.272 e. The van der Waals surface area contributed by atoms with Crippen molar-refractivity contribution in [1.82, 2.24) is 40.1 Å². The second-order valence-electron chi connectivity index (χ2n) is 7.46. The summed E-state index contributed by atoms with van der Waals surface area (Å²) in [5.74, 6) is 1.00. The zero-order chi connectivity index (χ0) is 21.1. The lowest BCUT2D eigenvalue weighted by molar-refractivity contribution is 0.0915. The molecule has 11 heteroatoms. The zero-order valence-corrected chi connectivity index (χ0v) is 16.8. The lowest BCUT2D eigenvalue weighted by atomic mass is 9.91. The maximum atomic E-state index is 12.5. The molecule has 3 heterocycles. The van der Waals surface area contributed by atoms with Gasteiger partial charge in [-0.05, 0) is 43.9 Å². The largest absolute Gasteiger partial charge is 0.361 e. The SMILES string of the molecule is CN(C)c1ccc(C(=O)NC2CCC(n3nc(-n4cncn4)ccc3=O)CC2)nn1. The highest BCUT2D eigenvalue weighted by molar-refractivity contribution is 5.92. The van der Waals surface area contributed by atoms with Crippen molar-refractivity contribution in [3.63, 3.8) is 0 Å². The summed E-state index contributed by atoms with van der Waals surface area (Å²) in [7, 11) is 3.73. The van der Waals surface area contributed by atoms with E-state index in [9.17, 15) is 9.59 Å². The molecule has 0 radical (unpaired) electrons. The molecule has 0 aliphatic heterocycles. The van der Waals surface area contributed by atoms with Crippen LogP contribution >= 0.6 is 0 Å². The molecule has 1 N–H and O–H groups in total. The van der Waals surface area contributed by atoms with E-state index in [0.29, 0.717) is 17.3 Å². The minimum atomic E-state index is -0.236. The lowest BCUT2D eigenvalue weighted by Crippen LogP contribution is -2.40. The first-order valence-corrected chi connectivity index (χ1v) is 9.78. The highest BCUT2D eigenvalue weighted by atomic mass is 16.2. The van der Waals surface area contributed by atoms with Crippen LogP contribution in [0.1, 0.15) is 42.2 Å². The Labute approximate surface area is 172 Å². The third kappa shape index (κ3) is 4.19. The molecular formula is C19H23N9O2. The first-order valence-electron chi connectivity index (χ1n) is 9.78. The van der Waals surface area contributed by atoms with E-state index in [1.54, 1.807) is 18.2 Å². The molecule has 3 aromatic heterocycles. The van der Waals surface area contributed by atoms with Crippen molar-refractivity contribution in [2.24, 2.45) is 0 Å². The zero-order valence-electron chi connectivity index (χ0n) is 16.8. The van der Waals surface area contributed by atoms with Gasteiger partial charge in [0.05, 0.1) is 6.04 Å². The number of nitrogens with zero attached hydrogens (tertiary/aromatic N) is 8. The van der Waals surface area contributed by atoms with E-state index < -0.39 is 0 Å². The smallest absolute Gasteiger partial charge is 0.272 e. The highest BCUT2D eigenvalue weighted by Gasteiger charge is 2.25. The standard InChI is InChI=1S/C19H23N9O2/c1-26(2)16-8-7-15(23-24-16)19(30)22-13-3-5-14(6-4-13)28-18(29)10-9-17(25-28)27-12-20-11-21-27/h7-14H,3-6H2,1-2H3,(H,22,30). The monoisotopic (exact) mass is 409 g/mol. The first-order chi connectivity index (χ1) is 14.5. The number of nitrogens with one attached hydrogen (secondary N) is 1. The quantitative estimate of drug-likeness (QED) is 0.649. The predicted octanol–water partition coefficient (Wildman–Crippen LogP) is 0.594. The molecule has 0 saturated heterocycles. The van der Waals surface area contributed by atoms with Crippen molar-refractivity contribution >= 4 is 11.7 Å². The molecule has 0 aromatic carbocycles. The van der Waals surface area contributed by atoms with Crippen LogP contribution in [0.25, 0.3) is 5.82 Å². The van der Waals surface area contributed by atoms with Gasteiger partial charge in [-0.25, -0.2) is 14.3 Å². The van der Waals surface area contributed by atoms with Crippen LogP contribution in [0, 0.1) is 0 Å². The van der Waals surface area contributed by atoms with E-state index in [-0.39, 0.29) is 23.6 Å². The molecule has 0 atom stereocenters. The molecule has 1 saturated carbocycles. The average Bonchev–Trinajstić information content (AvgIpc) is 3.30. The molecule has 156 valence electrons. The summed E-state index contributed by atoms with van der Waals surface area (Å²) in [6, 6.07) is 6.56. The van der Waals surface area contributed by atoms with Gasteiger partial charge in [-0.1, -0.05) is 0 Å². The van der Waals surface area contributed by atoms with E-state index in [1.807, 2.05) is 19.0 Å². The summed E-state index contributed by atoms with van der Waals surface area (Å²) < 4.78 is 3.03. The predicted molar refractivity (Wildman–Crippen MR) is 109 cm³/mol. The molecule has 3 aromatic rings. The van der Waals surface area contributed by atoms with E-state index >= 15 is 0 Å². The summed E-state index contributed by atoms with van der Waals surface area (Å²) in [6.45, 7) is 0. The van der Waals surface area contributed by atoms with Crippen LogP contribution in [-0.2, 0) is 0 Å². The second-order valence-corrected chi connectivity index (χ2v) is 7.46. The van der Waals surface area contributed by atoms with Crippen molar-refractivity contribution in [3.8, 4) is 5.82 Å². The number of aromatic nitrogens is 7. The number of carbonyl (C=O) groups is 1. The highest BCUT2D eigenvalue weighted by Crippen LogP contribution is 2.27. The van der Waals surface area contributed by atoms with Crippen molar-refractivity contribution in [3.05, 3.63) is 53.0 Å². The first kappa shape index (κ1) is 19.7. The number of hydrogen-bond acceptors (Lipinski definition) is 8. The van der Waals surface area contributed by atoms with E-state index in [0.717, 1.165) is 25.7 Å². The molecule has 4 rings (SSSR count). The van der Waals surface area contributed by atoms with E-state index in [2.05, 4.69) is 30.7 Å². The van der Waals surface area contributed by atoms with E-state index in [4.69, 9.17) is 0 Å². The molecule has 1 amide bonds. The Morgan fingerprint density at radius 3 is 2.53 bits per heavy atom. The third-order valence-electron chi connectivity index (χ3n) is 5.18. The average molecular weight is 409 g/mol.